The number of rotatable bonds is 2. The summed E-state index contributed by atoms with van der Waals surface area (Å²) in [5.74, 6) is 0.822. The summed E-state index contributed by atoms with van der Waals surface area (Å²) in [6.07, 6.45) is 15.7. The zero-order valence-electron chi connectivity index (χ0n) is 56.0. The molecule has 5 aromatic heterocycles. The van der Waals surface area contributed by atoms with Crippen molar-refractivity contribution in [2.45, 2.75) is 81.6 Å². The van der Waals surface area contributed by atoms with E-state index in [2.05, 4.69) is 271 Å². The summed E-state index contributed by atoms with van der Waals surface area (Å²) in [5, 5.41) is 10.9. The first-order valence-corrected chi connectivity index (χ1v) is 31.9. The second-order valence-corrected chi connectivity index (χ2v) is 23.6. The molecule has 0 fully saturated rings. The third-order valence-corrected chi connectivity index (χ3v) is 16.4. The van der Waals surface area contributed by atoms with Crippen molar-refractivity contribution in [3.05, 3.63) is 389 Å². The molecule has 10 aromatic carbocycles. The van der Waals surface area contributed by atoms with Crippen LogP contribution in [0.15, 0.2) is 305 Å². The molecule has 5 heterocycles. The van der Waals surface area contributed by atoms with Crippen LogP contribution < -0.4 is 0 Å². The van der Waals surface area contributed by atoms with Gasteiger partial charge in [-0.2, -0.15) is 0 Å². The van der Waals surface area contributed by atoms with Gasteiger partial charge in [0, 0.05) is 61.0 Å². The van der Waals surface area contributed by atoms with Gasteiger partial charge in [0.1, 0.15) is 12.2 Å². The van der Waals surface area contributed by atoms with E-state index >= 15 is 0 Å². The lowest BCUT2D eigenvalue weighted by Gasteiger charge is -2.34. The summed E-state index contributed by atoms with van der Waals surface area (Å²) < 4.78 is 0. The topological polar surface area (TPSA) is 90.2 Å². The first kappa shape index (κ1) is 67.2. The number of nitrogens with zero attached hydrogens (tertiary/aromatic N) is 7. The molecule has 0 unspecified atom stereocenters. The lowest BCUT2D eigenvalue weighted by atomic mass is 9.67. The normalized spacial score (nSPS) is 11.0. The van der Waals surface area contributed by atoms with Gasteiger partial charge in [0.15, 0.2) is 0 Å². The third kappa shape index (κ3) is 17.3. The van der Waals surface area contributed by atoms with E-state index in [1.54, 1.807) is 49.4 Å². The Labute approximate surface area is 556 Å². The SMILES string of the molecule is Cc1cc2c3ccccc3c(C)cc2c2ccccc12.Cc1ccc2c(c1)C(c1ccccc1)(c1ccccc1)c1cc(C)ccc1-2.Cc1cccc2c(C)cccc12.Cc1ccccn1.Cc1cccnc1.Cc1ccncc1.Cc1ccncn1.Cc1ncccn1. The van der Waals surface area contributed by atoms with Crippen LogP contribution in [0.4, 0.5) is 0 Å². The first-order chi connectivity index (χ1) is 45.7. The Kier molecular flexibility index (Phi) is 23.8. The van der Waals surface area contributed by atoms with Crippen LogP contribution in [0.1, 0.15) is 84.0 Å². The highest BCUT2D eigenvalue weighted by Crippen LogP contribution is 2.56. The van der Waals surface area contributed by atoms with Gasteiger partial charge in [-0.25, -0.2) is 19.9 Å². The number of aromatic nitrogens is 7. The fraction of sp³-hybridized carbons (Fsp3) is 0.138. The van der Waals surface area contributed by atoms with Gasteiger partial charge in [0.05, 0.1) is 5.41 Å². The number of pyridine rings is 3. The van der Waals surface area contributed by atoms with Gasteiger partial charge < -0.3 is 0 Å². The van der Waals surface area contributed by atoms with Gasteiger partial charge in [0.2, 0.25) is 0 Å². The molecular weight excluding hydrogens is 1140 g/mol. The third-order valence-electron chi connectivity index (χ3n) is 16.4. The van der Waals surface area contributed by atoms with Gasteiger partial charge >= 0.3 is 0 Å². The van der Waals surface area contributed by atoms with Gasteiger partial charge in [-0.1, -0.05) is 217 Å². The molecule has 0 spiro atoms. The number of hydrogen-bond donors (Lipinski definition) is 0. The summed E-state index contributed by atoms with van der Waals surface area (Å²) in [4.78, 5) is 27.0. The van der Waals surface area contributed by atoms with Crippen LogP contribution in [0, 0.1) is 76.2 Å². The van der Waals surface area contributed by atoms with Crippen LogP contribution in [0.2, 0.25) is 0 Å². The van der Waals surface area contributed by atoms with Crippen LogP contribution in [-0.2, 0) is 5.41 Å². The van der Waals surface area contributed by atoms with Crippen molar-refractivity contribution < 1.29 is 0 Å². The highest BCUT2D eigenvalue weighted by atomic mass is 14.8. The summed E-state index contributed by atoms with van der Waals surface area (Å²) in [5.41, 5.74) is 20.4. The van der Waals surface area contributed by atoms with Crippen LogP contribution >= 0.6 is 0 Å². The predicted molar refractivity (Wildman–Crippen MR) is 396 cm³/mol. The van der Waals surface area contributed by atoms with Gasteiger partial charge in [-0.15, -0.1) is 0 Å². The molecule has 94 heavy (non-hydrogen) atoms. The van der Waals surface area contributed by atoms with Crippen molar-refractivity contribution in [2.75, 3.05) is 0 Å². The van der Waals surface area contributed by atoms with Crippen molar-refractivity contribution in [2.24, 2.45) is 0 Å². The zero-order valence-corrected chi connectivity index (χ0v) is 56.0. The van der Waals surface area contributed by atoms with Crippen molar-refractivity contribution in [1.82, 2.24) is 34.9 Å². The fourth-order valence-electron chi connectivity index (χ4n) is 11.7. The Morgan fingerprint density at radius 1 is 0.245 bits per heavy atom. The van der Waals surface area contributed by atoms with E-state index in [1.165, 1.54) is 127 Å². The number of fused-ring (bicyclic) bond motifs is 9. The molecule has 0 aliphatic heterocycles. The van der Waals surface area contributed by atoms with Gasteiger partial charge in [-0.05, 0) is 228 Å². The van der Waals surface area contributed by atoms with Gasteiger partial charge in [-0.3, -0.25) is 15.0 Å². The van der Waals surface area contributed by atoms with E-state index < -0.39 is 0 Å². The minimum atomic E-state index is -0.273. The number of hydrogen-bond acceptors (Lipinski definition) is 7. The second kappa shape index (κ2) is 33.3. The zero-order chi connectivity index (χ0) is 66.2. The van der Waals surface area contributed by atoms with E-state index in [9.17, 15) is 0 Å². The highest BCUT2D eigenvalue weighted by molar-refractivity contribution is 6.18. The van der Waals surface area contributed by atoms with E-state index in [4.69, 9.17) is 0 Å². The average Bonchev–Trinajstić information content (AvgIpc) is 1.53. The molecule has 0 saturated carbocycles. The van der Waals surface area contributed by atoms with Gasteiger partial charge in [0.25, 0.3) is 0 Å². The first-order valence-electron chi connectivity index (χ1n) is 31.9. The maximum absolute atomic E-state index is 3.98. The predicted octanol–water partition coefficient (Wildman–Crippen LogP) is 21.6. The summed E-state index contributed by atoms with van der Waals surface area (Å²) in [6.45, 7) is 22.9. The van der Waals surface area contributed by atoms with Crippen molar-refractivity contribution in [3.63, 3.8) is 0 Å². The lowest BCUT2D eigenvalue weighted by Crippen LogP contribution is -2.28. The van der Waals surface area contributed by atoms with E-state index in [0.29, 0.717) is 0 Å². The Morgan fingerprint density at radius 3 is 1.05 bits per heavy atom. The minimum Gasteiger partial charge on any atom is -0.265 e. The molecule has 16 rings (SSSR count). The van der Waals surface area contributed by atoms with Crippen molar-refractivity contribution in [3.8, 4) is 11.1 Å². The smallest absolute Gasteiger partial charge is 0.125 e. The van der Waals surface area contributed by atoms with E-state index in [0.717, 1.165) is 17.2 Å². The maximum atomic E-state index is 3.98. The monoisotopic (exact) mass is 1230 g/mol. The highest BCUT2D eigenvalue weighted by Gasteiger charge is 2.46. The Bertz CT molecular complexity index is 4390. The van der Waals surface area contributed by atoms with E-state index in [1.807, 2.05) is 89.3 Å². The standard InChI is InChI=1S/C27H22.C20H16.C12H12.3C6H7N.2C5H6N2/c1-19-13-15-23-24-16-14-20(2)18-26(24)27(25(23)17-19,21-9-5-3-6-10-21)22-11-7-4-8-12-22;1-13-11-19-18-10-6-4-8-16(18)14(2)12-20(19)17-9-5-3-7-15(13)17;1-9-5-3-8-12-10(2)6-4-7-11(9)12;1-6-2-4-7-5-3-6;1-6-3-2-4-7-5-6;1-6-4-2-3-5-7-6;1-5-2-3-6-4-7-5;1-5-6-3-2-4-7-5/h3-18H,1-2H3;3-12H,1-2H3;3-8H,1-2H3;3*2-5H,1H3;2*2-4H,1H3. The van der Waals surface area contributed by atoms with Crippen LogP contribution in [0.3, 0.4) is 0 Å². The molecule has 466 valence electrons. The van der Waals surface area contributed by atoms with Crippen molar-refractivity contribution in [1.29, 1.82) is 0 Å². The lowest BCUT2D eigenvalue weighted by molar-refractivity contribution is 0.766. The van der Waals surface area contributed by atoms with Crippen molar-refractivity contribution >= 4 is 43.1 Å². The molecule has 0 bridgehead atoms. The fourth-order valence-corrected chi connectivity index (χ4v) is 11.7. The molecule has 0 saturated heterocycles. The Balaban J connectivity index is 0.000000136. The molecule has 0 atom stereocenters. The minimum absolute atomic E-state index is 0.273. The van der Waals surface area contributed by atoms with Crippen LogP contribution in [0.25, 0.3) is 54.2 Å². The molecular formula is C87H83N7. The summed E-state index contributed by atoms with van der Waals surface area (Å²) >= 11 is 0. The largest absolute Gasteiger partial charge is 0.265 e. The molecule has 0 N–H and O–H groups in total. The molecule has 0 amide bonds. The Morgan fingerprint density at radius 2 is 0.691 bits per heavy atom. The summed E-state index contributed by atoms with van der Waals surface area (Å²) in [6, 6.07) is 88.1. The Hall–Kier alpha value is -11.2. The quantitative estimate of drug-likeness (QED) is 0.159. The average molecular weight is 1230 g/mol. The number of benzene rings is 10. The second-order valence-electron chi connectivity index (χ2n) is 23.6. The van der Waals surface area contributed by atoms with E-state index in [-0.39, 0.29) is 5.41 Å². The van der Waals surface area contributed by atoms with Crippen LogP contribution in [0.5, 0.6) is 0 Å². The molecule has 15 aromatic rings. The maximum Gasteiger partial charge on any atom is 0.125 e. The van der Waals surface area contributed by atoms with Crippen LogP contribution in [-0.4, -0.2) is 34.9 Å². The molecule has 7 heteroatoms. The molecule has 7 nitrogen and oxygen atoms in total. The molecule has 1 aliphatic rings. The molecule has 1 aliphatic carbocycles. The molecule has 0 radical (unpaired) electrons. The number of aryl methyl sites for hydroxylation is 11. The summed E-state index contributed by atoms with van der Waals surface area (Å²) in [7, 11) is 0.